The fourth-order valence-corrected chi connectivity index (χ4v) is 2.32. The zero-order valence-electron chi connectivity index (χ0n) is 11.0. The van der Waals surface area contributed by atoms with Gasteiger partial charge in [-0.2, -0.15) is 0 Å². The van der Waals surface area contributed by atoms with Crippen molar-refractivity contribution in [1.82, 2.24) is 10.5 Å². The Morgan fingerprint density at radius 1 is 1.42 bits per heavy atom. The molecule has 3 nitrogen and oxygen atoms in total. The second-order valence-corrected chi connectivity index (χ2v) is 5.62. The fraction of sp³-hybridized carbons (Fsp3) is 0.500. The van der Waals surface area contributed by atoms with Gasteiger partial charge in [-0.3, -0.25) is 0 Å². The largest absolute Gasteiger partial charge is 0.356 e. The molecule has 0 bridgehead atoms. The third kappa shape index (κ3) is 3.54. The molecular formula is C14H18BrFN2O. The number of rotatable bonds is 1. The minimum Gasteiger partial charge on any atom is -0.356 e. The third-order valence-corrected chi connectivity index (χ3v) is 3.19. The zero-order chi connectivity index (χ0) is 13.7. The molecule has 0 unspecified atom stereocenters. The highest BCUT2D eigenvalue weighted by Crippen LogP contribution is 2.30. The first-order valence-corrected chi connectivity index (χ1v) is 7.70. The van der Waals surface area contributed by atoms with Crippen molar-refractivity contribution in [2.75, 3.05) is 18.4 Å². The van der Waals surface area contributed by atoms with E-state index >= 15 is 0 Å². The summed E-state index contributed by atoms with van der Waals surface area (Å²) in [6.45, 7) is 4.07. The molecule has 0 atom stereocenters. The van der Waals surface area contributed by atoms with E-state index in [0.717, 1.165) is 42.3 Å². The van der Waals surface area contributed by atoms with E-state index in [1.165, 1.54) is 12.1 Å². The van der Waals surface area contributed by atoms with Crippen molar-refractivity contribution in [3.05, 3.63) is 29.7 Å². The number of benzene rings is 1. The molecule has 0 amide bonds. The zero-order valence-corrected chi connectivity index (χ0v) is 12.5. The summed E-state index contributed by atoms with van der Waals surface area (Å²) in [5, 5.41) is 9.42. The van der Waals surface area contributed by atoms with E-state index in [0.29, 0.717) is 11.5 Å². The number of piperidine rings is 1. The van der Waals surface area contributed by atoms with Crippen molar-refractivity contribution >= 4 is 26.9 Å². The highest BCUT2D eigenvalue weighted by atomic mass is 79.9. The Hall–Kier alpha value is -0.940. The van der Waals surface area contributed by atoms with Crippen LogP contribution in [0.3, 0.4) is 0 Å². The molecule has 3 rings (SSSR count). The first-order chi connectivity index (χ1) is 9.26. The van der Waals surface area contributed by atoms with Gasteiger partial charge in [-0.05, 0) is 38.1 Å². The number of aromatic nitrogens is 1. The molecule has 1 aromatic heterocycles. The van der Waals surface area contributed by atoms with E-state index in [1.54, 1.807) is 6.07 Å². The van der Waals surface area contributed by atoms with Crippen LogP contribution in [-0.4, -0.2) is 23.6 Å². The van der Waals surface area contributed by atoms with Crippen LogP contribution in [0.4, 0.5) is 4.39 Å². The van der Waals surface area contributed by atoms with Crippen LogP contribution < -0.4 is 5.32 Å². The fourth-order valence-electron chi connectivity index (χ4n) is 2.32. The van der Waals surface area contributed by atoms with E-state index < -0.39 is 0 Å². The number of fused-ring (bicyclic) bond motifs is 1. The van der Waals surface area contributed by atoms with E-state index in [4.69, 9.17) is 4.52 Å². The Morgan fingerprint density at radius 2 is 2.11 bits per heavy atom. The first kappa shape index (κ1) is 14.5. The topological polar surface area (TPSA) is 38.1 Å². The predicted octanol–water partition coefficient (Wildman–Crippen LogP) is 3.84. The Labute approximate surface area is 120 Å². The summed E-state index contributed by atoms with van der Waals surface area (Å²) >= 11 is 3.15. The highest BCUT2D eigenvalue weighted by Gasteiger charge is 2.21. The van der Waals surface area contributed by atoms with Gasteiger partial charge in [0.05, 0.1) is 5.69 Å². The van der Waals surface area contributed by atoms with E-state index in [2.05, 4.69) is 26.4 Å². The van der Waals surface area contributed by atoms with Crippen molar-refractivity contribution < 1.29 is 8.91 Å². The van der Waals surface area contributed by atoms with Crippen LogP contribution in [0, 0.1) is 5.82 Å². The maximum atomic E-state index is 13.0. The molecule has 1 saturated heterocycles. The molecule has 1 aliphatic heterocycles. The number of hydrogen-bond acceptors (Lipinski definition) is 3. The standard InChI is InChI=1S/C12H13FN2O.C2H5Br/c13-9-1-2-10-11(7-9)16-15-12(10)8-3-5-14-6-4-8;1-2-3/h1-2,7-8,14H,3-6H2;2H2,1H3. The van der Waals surface area contributed by atoms with Gasteiger partial charge < -0.3 is 9.84 Å². The monoisotopic (exact) mass is 328 g/mol. The predicted molar refractivity (Wildman–Crippen MR) is 78.3 cm³/mol. The molecule has 1 aliphatic rings. The van der Waals surface area contributed by atoms with E-state index in [1.807, 2.05) is 6.92 Å². The molecule has 104 valence electrons. The molecule has 2 aromatic rings. The molecule has 5 heteroatoms. The highest BCUT2D eigenvalue weighted by molar-refractivity contribution is 9.09. The van der Waals surface area contributed by atoms with Crippen LogP contribution in [0.15, 0.2) is 22.7 Å². The van der Waals surface area contributed by atoms with Crippen molar-refractivity contribution in [1.29, 1.82) is 0 Å². The van der Waals surface area contributed by atoms with Gasteiger partial charge >= 0.3 is 0 Å². The second kappa shape index (κ2) is 7.01. The lowest BCUT2D eigenvalue weighted by Crippen LogP contribution is -2.26. The molecule has 1 aromatic carbocycles. The van der Waals surface area contributed by atoms with Gasteiger partial charge in [0.25, 0.3) is 0 Å². The summed E-state index contributed by atoms with van der Waals surface area (Å²) in [6.07, 6.45) is 2.14. The van der Waals surface area contributed by atoms with Gasteiger partial charge in [-0.25, -0.2) is 4.39 Å². The van der Waals surface area contributed by atoms with Crippen LogP contribution in [0.1, 0.15) is 31.4 Å². The van der Waals surface area contributed by atoms with Gasteiger partial charge in [0, 0.05) is 22.7 Å². The van der Waals surface area contributed by atoms with Crippen molar-refractivity contribution in [2.45, 2.75) is 25.7 Å². The lowest BCUT2D eigenvalue weighted by molar-refractivity contribution is 0.403. The number of hydrogen-bond donors (Lipinski definition) is 1. The molecule has 0 radical (unpaired) electrons. The quantitative estimate of drug-likeness (QED) is 0.808. The summed E-state index contributed by atoms with van der Waals surface area (Å²) in [4.78, 5) is 0. The Kier molecular flexibility index (Phi) is 5.34. The molecule has 0 saturated carbocycles. The minimum absolute atomic E-state index is 0.277. The molecule has 0 spiro atoms. The molecular weight excluding hydrogens is 311 g/mol. The van der Waals surface area contributed by atoms with Gasteiger partial charge in [-0.1, -0.05) is 28.0 Å². The Bertz CT molecular complexity index is 523. The van der Waals surface area contributed by atoms with Crippen LogP contribution in [-0.2, 0) is 0 Å². The van der Waals surface area contributed by atoms with E-state index in [-0.39, 0.29) is 5.82 Å². The summed E-state index contributed by atoms with van der Waals surface area (Å²) in [6, 6.07) is 4.62. The lowest BCUT2D eigenvalue weighted by atomic mass is 9.93. The van der Waals surface area contributed by atoms with E-state index in [9.17, 15) is 4.39 Å². The van der Waals surface area contributed by atoms with Crippen LogP contribution in [0.2, 0.25) is 0 Å². The first-order valence-electron chi connectivity index (χ1n) is 6.57. The number of halogens is 2. The normalized spacial score (nSPS) is 16.2. The molecule has 1 N–H and O–H groups in total. The summed E-state index contributed by atoms with van der Waals surface area (Å²) < 4.78 is 18.2. The van der Waals surface area contributed by atoms with Crippen molar-refractivity contribution in [2.24, 2.45) is 0 Å². The average Bonchev–Trinajstić information content (AvgIpc) is 2.83. The molecule has 2 heterocycles. The molecule has 1 fully saturated rings. The SMILES string of the molecule is CCBr.Fc1ccc2c(C3CCNCC3)noc2c1. The third-order valence-electron chi connectivity index (χ3n) is 3.19. The van der Waals surface area contributed by atoms with Crippen LogP contribution in [0.5, 0.6) is 0 Å². The van der Waals surface area contributed by atoms with Crippen LogP contribution in [0.25, 0.3) is 11.0 Å². The Morgan fingerprint density at radius 3 is 2.79 bits per heavy atom. The molecule has 0 aliphatic carbocycles. The van der Waals surface area contributed by atoms with Gasteiger partial charge in [0.2, 0.25) is 0 Å². The maximum absolute atomic E-state index is 13.0. The molecule has 19 heavy (non-hydrogen) atoms. The number of nitrogens with zero attached hydrogens (tertiary/aromatic N) is 1. The van der Waals surface area contributed by atoms with Gasteiger partial charge in [-0.15, -0.1) is 0 Å². The van der Waals surface area contributed by atoms with Crippen molar-refractivity contribution in [3.8, 4) is 0 Å². The number of alkyl halides is 1. The summed E-state index contributed by atoms with van der Waals surface area (Å²) in [5.74, 6) is 0.161. The minimum atomic E-state index is -0.277. The second-order valence-electron chi connectivity index (χ2n) is 4.50. The summed E-state index contributed by atoms with van der Waals surface area (Å²) in [7, 11) is 0. The van der Waals surface area contributed by atoms with Gasteiger partial charge in [0.1, 0.15) is 5.82 Å². The Balaban J connectivity index is 0.000000408. The van der Waals surface area contributed by atoms with Gasteiger partial charge in [0.15, 0.2) is 5.58 Å². The maximum Gasteiger partial charge on any atom is 0.170 e. The average molecular weight is 329 g/mol. The lowest BCUT2D eigenvalue weighted by Gasteiger charge is -2.20. The van der Waals surface area contributed by atoms with Crippen molar-refractivity contribution in [3.63, 3.8) is 0 Å². The summed E-state index contributed by atoms with van der Waals surface area (Å²) in [5.41, 5.74) is 1.53. The number of nitrogens with one attached hydrogen (secondary N) is 1. The van der Waals surface area contributed by atoms with Crippen LogP contribution >= 0.6 is 15.9 Å². The smallest absolute Gasteiger partial charge is 0.170 e.